The van der Waals surface area contributed by atoms with Gasteiger partial charge in [-0.15, -0.1) is 5.92 Å². The molecule has 2 N–H and O–H groups in total. The third kappa shape index (κ3) is 3.80. The highest BCUT2D eigenvalue weighted by molar-refractivity contribution is 5.08. The highest BCUT2D eigenvalue weighted by atomic mass is 16.3. The lowest BCUT2D eigenvalue weighted by Crippen LogP contribution is -2.17. The Balaban J connectivity index is 2.36. The Kier molecular flexibility index (Phi) is 3.35. The molecule has 0 aromatic heterocycles. The van der Waals surface area contributed by atoms with Crippen LogP contribution in [0.15, 0.2) is 0 Å². The van der Waals surface area contributed by atoms with Crippen LogP contribution in [-0.4, -0.2) is 24.3 Å². The molecule has 1 rings (SSSR count). The van der Waals surface area contributed by atoms with E-state index in [0.29, 0.717) is 5.92 Å². The summed E-state index contributed by atoms with van der Waals surface area (Å²) in [5, 5.41) is 12.6. The van der Waals surface area contributed by atoms with Crippen LogP contribution in [-0.2, 0) is 0 Å². The molecule has 0 aromatic carbocycles. The van der Waals surface area contributed by atoms with Gasteiger partial charge in [0.15, 0.2) is 0 Å². The smallest absolute Gasteiger partial charge is 0.0713 e. The molecule has 2 unspecified atom stereocenters. The summed E-state index contributed by atoms with van der Waals surface area (Å²) in [7, 11) is 0. The molecule has 0 amide bonds. The van der Waals surface area contributed by atoms with Crippen LogP contribution in [0.2, 0.25) is 0 Å². The molecule has 74 valence electrons. The zero-order valence-corrected chi connectivity index (χ0v) is 8.72. The number of hydrogen-bond acceptors (Lipinski definition) is 2. The van der Waals surface area contributed by atoms with Crippen molar-refractivity contribution in [3.63, 3.8) is 0 Å². The highest BCUT2D eigenvalue weighted by Crippen LogP contribution is 2.14. The second kappa shape index (κ2) is 4.13. The van der Waals surface area contributed by atoms with Crippen LogP contribution in [0, 0.1) is 23.2 Å². The maximum atomic E-state index is 9.49. The highest BCUT2D eigenvalue weighted by Gasteiger charge is 2.23. The van der Waals surface area contributed by atoms with Gasteiger partial charge in [-0.2, -0.15) is 0 Å². The van der Waals surface area contributed by atoms with Gasteiger partial charge in [-0.3, -0.25) is 0 Å². The van der Waals surface area contributed by atoms with Gasteiger partial charge in [-0.1, -0.05) is 5.92 Å². The fourth-order valence-electron chi connectivity index (χ4n) is 1.37. The Morgan fingerprint density at radius 2 is 2.08 bits per heavy atom. The van der Waals surface area contributed by atoms with Gasteiger partial charge in [0, 0.05) is 30.8 Å². The molecule has 0 saturated carbocycles. The standard InChI is InChI=1S/C11H19NO/c1-11(2,3)6-4-5-9-7-12-8-10(9)13/h9-10,12-13H,5,7-8H2,1-3H3. The zero-order valence-electron chi connectivity index (χ0n) is 8.72. The molecule has 2 heteroatoms. The first-order chi connectivity index (χ1) is 5.99. The van der Waals surface area contributed by atoms with Crippen LogP contribution in [0.1, 0.15) is 27.2 Å². The van der Waals surface area contributed by atoms with E-state index >= 15 is 0 Å². The summed E-state index contributed by atoms with van der Waals surface area (Å²) >= 11 is 0. The van der Waals surface area contributed by atoms with Crippen molar-refractivity contribution in [2.24, 2.45) is 11.3 Å². The van der Waals surface area contributed by atoms with Crippen molar-refractivity contribution in [1.82, 2.24) is 5.32 Å². The minimum atomic E-state index is -0.200. The quantitative estimate of drug-likeness (QED) is 0.592. The number of nitrogens with one attached hydrogen (secondary N) is 1. The summed E-state index contributed by atoms with van der Waals surface area (Å²) in [5.74, 6) is 6.66. The van der Waals surface area contributed by atoms with Crippen LogP contribution in [0.5, 0.6) is 0 Å². The Morgan fingerprint density at radius 3 is 2.54 bits per heavy atom. The van der Waals surface area contributed by atoms with Gasteiger partial charge >= 0.3 is 0 Å². The lowest BCUT2D eigenvalue weighted by molar-refractivity contribution is 0.150. The van der Waals surface area contributed by atoms with E-state index in [2.05, 4.69) is 37.9 Å². The second-order valence-corrected chi connectivity index (χ2v) is 4.74. The third-order valence-corrected chi connectivity index (χ3v) is 2.13. The predicted octanol–water partition coefficient (Wildman–Crippen LogP) is 1.01. The van der Waals surface area contributed by atoms with Gasteiger partial charge in [0.2, 0.25) is 0 Å². The second-order valence-electron chi connectivity index (χ2n) is 4.74. The topological polar surface area (TPSA) is 32.3 Å². The average Bonchev–Trinajstić information content (AvgIpc) is 2.34. The minimum Gasteiger partial charge on any atom is -0.391 e. The molecule has 1 saturated heterocycles. The summed E-state index contributed by atoms with van der Waals surface area (Å²) in [6.45, 7) is 7.93. The maximum absolute atomic E-state index is 9.49. The molecular weight excluding hydrogens is 162 g/mol. The summed E-state index contributed by atoms with van der Waals surface area (Å²) in [6.07, 6.45) is 0.611. The molecule has 0 aliphatic carbocycles. The predicted molar refractivity (Wildman–Crippen MR) is 54.2 cm³/mol. The first kappa shape index (κ1) is 10.6. The number of hydrogen-bond donors (Lipinski definition) is 2. The molecule has 13 heavy (non-hydrogen) atoms. The van der Waals surface area contributed by atoms with Crippen molar-refractivity contribution in [3.05, 3.63) is 0 Å². The molecular formula is C11H19NO. The molecule has 0 spiro atoms. The molecule has 0 aromatic rings. The van der Waals surface area contributed by atoms with Crippen molar-refractivity contribution in [2.75, 3.05) is 13.1 Å². The molecule has 2 atom stereocenters. The molecule has 1 heterocycles. The molecule has 0 bridgehead atoms. The Hall–Kier alpha value is -0.520. The van der Waals surface area contributed by atoms with Gasteiger partial charge in [-0.25, -0.2) is 0 Å². The van der Waals surface area contributed by atoms with Crippen LogP contribution in [0.3, 0.4) is 0 Å². The van der Waals surface area contributed by atoms with E-state index in [-0.39, 0.29) is 11.5 Å². The van der Waals surface area contributed by atoms with E-state index in [4.69, 9.17) is 0 Å². The third-order valence-electron chi connectivity index (χ3n) is 2.13. The molecule has 1 fully saturated rings. The monoisotopic (exact) mass is 181 g/mol. The largest absolute Gasteiger partial charge is 0.391 e. The fourth-order valence-corrected chi connectivity index (χ4v) is 1.37. The lowest BCUT2D eigenvalue weighted by atomic mass is 9.96. The van der Waals surface area contributed by atoms with E-state index in [1.54, 1.807) is 0 Å². The molecule has 1 aliphatic heterocycles. The van der Waals surface area contributed by atoms with Crippen molar-refractivity contribution in [3.8, 4) is 11.8 Å². The number of β-amino-alcohol motifs (C(OH)–C–C–N with tert-alkyl or cyclic N) is 1. The Bertz CT molecular complexity index is 218. The summed E-state index contributed by atoms with van der Waals surface area (Å²) < 4.78 is 0. The van der Waals surface area contributed by atoms with Gasteiger partial charge in [-0.05, 0) is 20.8 Å². The van der Waals surface area contributed by atoms with Crippen LogP contribution in [0.25, 0.3) is 0 Å². The average molecular weight is 181 g/mol. The maximum Gasteiger partial charge on any atom is 0.0713 e. The molecule has 2 nitrogen and oxygen atoms in total. The van der Waals surface area contributed by atoms with E-state index in [0.717, 1.165) is 19.5 Å². The Labute approximate surface area is 80.7 Å². The summed E-state index contributed by atoms with van der Waals surface area (Å²) in [6, 6.07) is 0. The van der Waals surface area contributed by atoms with Gasteiger partial charge in [0.1, 0.15) is 0 Å². The fraction of sp³-hybridized carbons (Fsp3) is 0.818. The van der Waals surface area contributed by atoms with Crippen molar-refractivity contribution >= 4 is 0 Å². The van der Waals surface area contributed by atoms with E-state index in [1.807, 2.05) is 0 Å². The number of rotatable bonds is 1. The van der Waals surface area contributed by atoms with Gasteiger partial charge < -0.3 is 10.4 Å². The minimum absolute atomic E-state index is 0.0803. The normalized spacial score (nSPS) is 28.3. The van der Waals surface area contributed by atoms with E-state index < -0.39 is 0 Å². The first-order valence-electron chi connectivity index (χ1n) is 4.88. The van der Waals surface area contributed by atoms with Crippen LogP contribution in [0.4, 0.5) is 0 Å². The summed E-state index contributed by atoms with van der Waals surface area (Å²) in [4.78, 5) is 0. The van der Waals surface area contributed by atoms with Gasteiger partial charge in [0.25, 0.3) is 0 Å². The lowest BCUT2D eigenvalue weighted by Gasteiger charge is -2.10. The SMILES string of the molecule is CC(C)(C)C#CCC1CNCC1O. The number of aliphatic hydroxyl groups is 1. The van der Waals surface area contributed by atoms with E-state index in [9.17, 15) is 5.11 Å². The number of aliphatic hydroxyl groups excluding tert-OH is 1. The van der Waals surface area contributed by atoms with Crippen molar-refractivity contribution in [1.29, 1.82) is 0 Å². The van der Waals surface area contributed by atoms with Crippen molar-refractivity contribution in [2.45, 2.75) is 33.3 Å². The van der Waals surface area contributed by atoms with E-state index in [1.165, 1.54) is 0 Å². The van der Waals surface area contributed by atoms with Crippen molar-refractivity contribution < 1.29 is 5.11 Å². The van der Waals surface area contributed by atoms with Crippen LogP contribution < -0.4 is 5.32 Å². The molecule has 0 radical (unpaired) electrons. The molecule has 1 aliphatic rings. The van der Waals surface area contributed by atoms with Crippen LogP contribution >= 0.6 is 0 Å². The summed E-state index contributed by atoms with van der Waals surface area (Å²) in [5.41, 5.74) is 0.0803. The van der Waals surface area contributed by atoms with Gasteiger partial charge in [0.05, 0.1) is 6.10 Å². The first-order valence-corrected chi connectivity index (χ1v) is 4.88. The zero-order chi connectivity index (χ0) is 9.90. The Morgan fingerprint density at radius 1 is 1.38 bits per heavy atom.